The summed E-state index contributed by atoms with van der Waals surface area (Å²) < 4.78 is 39.9. The van der Waals surface area contributed by atoms with Gasteiger partial charge in [0.2, 0.25) is 5.03 Å². The van der Waals surface area contributed by atoms with E-state index < -0.39 is 20.9 Å². The van der Waals surface area contributed by atoms with Crippen LogP contribution in [0.15, 0.2) is 23.4 Å². The second-order valence-corrected chi connectivity index (χ2v) is 7.05. The van der Waals surface area contributed by atoms with Crippen LogP contribution < -0.4 is 4.72 Å². The molecule has 2 unspecified atom stereocenters. The van der Waals surface area contributed by atoms with Gasteiger partial charge in [-0.1, -0.05) is 0 Å². The molecule has 1 aliphatic carbocycles. The minimum atomic E-state index is -3.85. The molecular formula is C11H15FN2O2S2. The molecule has 0 spiro atoms. The summed E-state index contributed by atoms with van der Waals surface area (Å²) in [7, 11) is -3.85. The molecular weight excluding hydrogens is 275 g/mol. The van der Waals surface area contributed by atoms with Gasteiger partial charge in [0, 0.05) is 17.5 Å². The van der Waals surface area contributed by atoms with E-state index in [1.54, 1.807) is 11.8 Å². The van der Waals surface area contributed by atoms with Crippen molar-refractivity contribution in [1.29, 1.82) is 0 Å². The van der Waals surface area contributed by atoms with E-state index in [2.05, 4.69) is 9.71 Å². The number of pyridine rings is 1. The normalized spacial score (nSPS) is 24.3. The molecule has 0 aromatic carbocycles. The SMILES string of the molecule is CSC1CCC(NS(=O)(=O)c2ncccc2F)C1. The van der Waals surface area contributed by atoms with Crippen LogP contribution >= 0.6 is 11.8 Å². The lowest BCUT2D eigenvalue weighted by molar-refractivity contribution is 0.527. The van der Waals surface area contributed by atoms with E-state index in [1.807, 2.05) is 6.26 Å². The van der Waals surface area contributed by atoms with Gasteiger partial charge in [-0.15, -0.1) is 0 Å². The maximum absolute atomic E-state index is 13.4. The zero-order valence-electron chi connectivity index (χ0n) is 9.97. The summed E-state index contributed by atoms with van der Waals surface area (Å²) in [6.45, 7) is 0. The molecule has 100 valence electrons. The molecule has 0 amide bonds. The highest BCUT2D eigenvalue weighted by molar-refractivity contribution is 7.99. The average Bonchev–Trinajstić information content (AvgIpc) is 2.76. The molecule has 4 nitrogen and oxygen atoms in total. The Morgan fingerprint density at radius 2 is 2.28 bits per heavy atom. The zero-order chi connectivity index (χ0) is 13.2. The molecule has 1 aromatic rings. The van der Waals surface area contributed by atoms with Crippen LogP contribution in [0.2, 0.25) is 0 Å². The van der Waals surface area contributed by atoms with Crippen molar-refractivity contribution >= 4 is 21.8 Å². The minimum Gasteiger partial charge on any atom is -0.241 e. The number of thioether (sulfide) groups is 1. The van der Waals surface area contributed by atoms with Crippen molar-refractivity contribution in [2.45, 2.75) is 35.6 Å². The standard InChI is InChI=1S/C11H15FN2O2S2/c1-17-9-5-4-8(7-9)14-18(15,16)11-10(12)3-2-6-13-11/h2-3,6,8-9,14H,4-5,7H2,1H3. The van der Waals surface area contributed by atoms with Gasteiger partial charge >= 0.3 is 0 Å². The summed E-state index contributed by atoms with van der Waals surface area (Å²) in [4.78, 5) is 3.60. The summed E-state index contributed by atoms with van der Waals surface area (Å²) in [5.74, 6) is -0.815. The van der Waals surface area contributed by atoms with Crippen molar-refractivity contribution < 1.29 is 12.8 Å². The van der Waals surface area contributed by atoms with Crippen LogP contribution in [0.4, 0.5) is 4.39 Å². The van der Waals surface area contributed by atoms with Gasteiger partial charge in [0.05, 0.1) is 0 Å². The lowest BCUT2D eigenvalue weighted by Crippen LogP contribution is -2.34. The monoisotopic (exact) mass is 290 g/mol. The van der Waals surface area contributed by atoms with E-state index in [0.717, 1.165) is 25.3 Å². The van der Waals surface area contributed by atoms with Crippen molar-refractivity contribution in [3.05, 3.63) is 24.1 Å². The highest BCUT2D eigenvalue weighted by atomic mass is 32.2. The fourth-order valence-electron chi connectivity index (χ4n) is 2.11. The Morgan fingerprint density at radius 1 is 1.50 bits per heavy atom. The molecule has 0 aliphatic heterocycles. The number of nitrogens with one attached hydrogen (secondary N) is 1. The summed E-state index contributed by atoms with van der Waals surface area (Å²) in [6.07, 6.45) is 5.85. The molecule has 2 rings (SSSR count). The number of halogens is 1. The molecule has 0 radical (unpaired) electrons. The first-order valence-electron chi connectivity index (χ1n) is 5.68. The second-order valence-electron chi connectivity index (χ2n) is 4.28. The molecule has 1 N–H and O–H groups in total. The summed E-state index contributed by atoms with van der Waals surface area (Å²) in [5, 5.41) is -0.0381. The molecule has 1 fully saturated rings. The maximum atomic E-state index is 13.4. The fourth-order valence-corrected chi connectivity index (χ4v) is 4.19. The Labute approximate surface area is 110 Å². The van der Waals surface area contributed by atoms with E-state index in [4.69, 9.17) is 0 Å². The van der Waals surface area contributed by atoms with Gasteiger partial charge in [-0.25, -0.2) is 22.5 Å². The second kappa shape index (κ2) is 5.54. The average molecular weight is 290 g/mol. The topological polar surface area (TPSA) is 59.1 Å². The molecule has 1 heterocycles. The predicted octanol–water partition coefficient (Wildman–Crippen LogP) is 1.78. The Kier molecular flexibility index (Phi) is 4.24. The Bertz CT molecular complexity index is 522. The van der Waals surface area contributed by atoms with E-state index in [-0.39, 0.29) is 6.04 Å². The lowest BCUT2D eigenvalue weighted by atomic mass is 10.3. The third-order valence-corrected chi connectivity index (χ3v) is 5.57. The fraction of sp³-hybridized carbons (Fsp3) is 0.545. The first kappa shape index (κ1) is 13.8. The number of hydrogen-bond acceptors (Lipinski definition) is 4. The van der Waals surface area contributed by atoms with Gasteiger partial charge in [-0.3, -0.25) is 0 Å². The molecule has 1 aromatic heterocycles. The number of sulfonamides is 1. The molecule has 1 saturated carbocycles. The molecule has 1 aliphatic rings. The van der Waals surface area contributed by atoms with Crippen molar-refractivity contribution in [2.75, 3.05) is 6.26 Å². The molecule has 7 heteroatoms. The third kappa shape index (κ3) is 3.02. The van der Waals surface area contributed by atoms with Gasteiger partial charge in [0.15, 0.2) is 5.82 Å². The maximum Gasteiger partial charge on any atom is 0.261 e. The molecule has 0 saturated heterocycles. The number of hydrogen-bond donors (Lipinski definition) is 1. The Morgan fingerprint density at radius 3 is 2.89 bits per heavy atom. The van der Waals surface area contributed by atoms with Crippen LogP contribution in [-0.2, 0) is 10.0 Å². The first-order chi connectivity index (χ1) is 8.53. The molecule has 0 bridgehead atoms. The van der Waals surface area contributed by atoms with Crippen LogP contribution in [0.3, 0.4) is 0 Å². The van der Waals surface area contributed by atoms with Crippen molar-refractivity contribution in [2.24, 2.45) is 0 Å². The van der Waals surface area contributed by atoms with Crippen molar-refractivity contribution in [1.82, 2.24) is 9.71 Å². The largest absolute Gasteiger partial charge is 0.261 e. The zero-order valence-corrected chi connectivity index (χ0v) is 11.6. The Balaban J connectivity index is 2.11. The third-order valence-electron chi connectivity index (χ3n) is 3.02. The summed E-state index contributed by atoms with van der Waals surface area (Å²) in [6, 6.07) is 2.35. The number of aromatic nitrogens is 1. The van der Waals surface area contributed by atoms with Crippen LogP contribution in [-0.4, -0.2) is 30.9 Å². The smallest absolute Gasteiger partial charge is 0.241 e. The minimum absolute atomic E-state index is 0.117. The number of rotatable bonds is 4. The molecule has 2 atom stereocenters. The van der Waals surface area contributed by atoms with Gasteiger partial charge in [0.1, 0.15) is 0 Å². The van der Waals surface area contributed by atoms with Gasteiger partial charge < -0.3 is 0 Å². The van der Waals surface area contributed by atoms with Crippen LogP contribution in [0.1, 0.15) is 19.3 Å². The van der Waals surface area contributed by atoms with Crippen molar-refractivity contribution in [3.63, 3.8) is 0 Å². The quantitative estimate of drug-likeness (QED) is 0.918. The lowest BCUT2D eigenvalue weighted by Gasteiger charge is -2.12. The highest BCUT2D eigenvalue weighted by Crippen LogP contribution is 2.29. The van der Waals surface area contributed by atoms with Crippen LogP contribution in [0.5, 0.6) is 0 Å². The summed E-state index contributed by atoms with van der Waals surface area (Å²) in [5.41, 5.74) is 0. The van der Waals surface area contributed by atoms with E-state index in [9.17, 15) is 12.8 Å². The van der Waals surface area contributed by atoms with E-state index in [0.29, 0.717) is 5.25 Å². The predicted molar refractivity (Wildman–Crippen MR) is 69.5 cm³/mol. The van der Waals surface area contributed by atoms with Crippen molar-refractivity contribution in [3.8, 4) is 0 Å². The first-order valence-corrected chi connectivity index (χ1v) is 8.45. The van der Waals surface area contributed by atoms with E-state index in [1.165, 1.54) is 12.3 Å². The van der Waals surface area contributed by atoms with Crippen LogP contribution in [0.25, 0.3) is 0 Å². The van der Waals surface area contributed by atoms with Gasteiger partial charge in [0.25, 0.3) is 10.0 Å². The Hall–Kier alpha value is -0.660. The van der Waals surface area contributed by atoms with E-state index >= 15 is 0 Å². The summed E-state index contributed by atoms with van der Waals surface area (Å²) >= 11 is 1.74. The van der Waals surface area contributed by atoms with Gasteiger partial charge in [-0.05, 0) is 37.7 Å². The van der Waals surface area contributed by atoms with Gasteiger partial charge in [-0.2, -0.15) is 11.8 Å². The highest BCUT2D eigenvalue weighted by Gasteiger charge is 2.30. The number of nitrogens with zero attached hydrogens (tertiary/aromatic N) is 1. The molecule has 18 heavy (non-hydrogen) atoms. The van der Waals surface area contributed by atoms with Crippen LogP contribution in [0, 0.1) is 5.82 Å².